The van der Waals surface area contributed by atoms with Gasteiger partial charge in [-0.3, -0.25) is 0 Å². The summed E-state index contributed by atoms with van der Waals surface area (Å²) in [7, 11) is 0. The molecule has 0 amide bonds. The monoisotopic (exact) mass is 307 g/mol. The molecule has 0 atom stereocenters. The normalized spacial score (nSPS) is 5.65. The molecule has 0 N–H and O–H groups in total. The van der Waals surface area contributed by atoms with Crippen LogP contribution < -0.4 is 0 Å². The summed E-state index contributed by atoms with van der Waals surface area (Å²) in [6, 6.07) is 0. The third kappa shape index (κ3) is 234. The summed E-state index contributed by atoms with van der Waals surface area (Å²) in [4.78, 5) is 33.0. The molecular formula is CoN4O12. The van der Waals surface area contributed by atoms with Crippen molar-refractivity contribution in [3.63, 3.8) is 0 Å². The van der Waals surface area contributed by atoms with Crippen LogP contribution in [0.2, 0.25) is 0 Å². The summed E-state index contributed by atoms with van der Waals surface area (Å²) in [5, 5.41) is 59.0. The first-order chi connectivity index (χ1) is 6.93. The summed E-state index contributed by atoms with van der Waals surface area (Å²) in [6.07, 6.45) is 0. The predicted molar refractivity (Wildman–Crippen MR) is 41.4 cm³/mol. The van der Waals surface area contributed by atoms with Crippen molar-refractivity contribution in [1.29, 1.82) is 0 Å². The molecule has 0 saturated carbocycles. The minimum Gasteiger partial charge on any atom is -0.356 e. The molecule has 0 saturated heterocycles. The largest absolute Gasteiger partial charge is 4.00 e. The first-order valence-electron chi connectivity index (χ1n) is 2.19. The average Bonchev–Trinajstić information content (AvgIpc) is 1.76. The SMILES string of the molecule is O=[N+]([O-])[O-].O=[N+]([O-])[O-].O=[N+]([O-])[O-].O=[N+]([O-])[O-].[Co+4]. The fourth-order valence-electron chi connectivity index (χ4n) is 0. The standard InChI is InChI=1S/Co.4NO3/c;4*2-1(3)4/q+4;4*-1. The van der Waals surface area contributed by atoms with Crippen LogP contribution in [-0.4, -0.2) is 20.3 Å². The molecule has 0 aromatic rings. The summed E-state index contributed by atoms with van der Waals surface area (Å²) >= 11 is 0. The first kappa shape index (κ1) is 29.2. The second-order valence-electron chi connectivity index (χ2n) is 0.894. The molecule has 17 heavy (non-hydrogen) atoms. The Bertz CT molecular complexity index is 159. The second kappa shape index (κ2) is 23.3. The number of rotatable bonds is 0. The Morgan fingerprint density at radius 3 is 0.412 bits per heavy atom. The molecule has 0 fully saturated rings. The maximum Gasteiger partial charge on any atom is 4.00 e. The van der Waals surface area contributed by atoms with Gasteiger partial charge in [0.15, 0.2) is 0 Å². The van der Waals surface area contributed by atoms with Gasteiger partial charge in [-0.1, -0.05) is 0 Å². The van der Waals surface area contributed by atoms with E-state index in [1.807, 2.05) is 0 Å². The molecule has 17 heteroatoms. The van der Waals surface area contributed by atoms with Gasteiger partial charge in [-0.2, -0.15) is 0 Å². The second-order valence-corrected chi connectivity index (χ2v) is 0.894. The minimum atomic E-state index is -1.75. The van der Waals surface area contributed by atoms with Crippen molar-refractivity contribution in [2.45, 2.75) is 0 Å². The molecule has 0 bridgehead atoms. The molecular weight excluding hydrogens is 307 g/mol. The van der Waals surface area contributed by atoms with E-state index in [0.29, 0.717) is 0 Å². The van der Waals surface area contributed by atoms with E-state index >= 15 is 0 Å². The summed E-state index contributed by atoms with van der Waals surface area (Å²) in [6.45, 7) is 0. The van der Waals surface area contributed by atoms with Crippen LogP contribution in [-0.2, 0) is 16.8 Å². The van der Waals surface area contributed by atoms with Crippen molar-refractivity contribution in [2.24, 2.45) is 0 Å². The molecule has 16 nitrogen and oxygen atoms in total. The maximum absolute atomic E-state index is 8.25. The number of hydrogen-bond donors (Lipinski definition) is 0. The van der Waals surface area contributed by atoms with E-state index in [4.69, 9.17) is 61.3 Å². The van der Waals surface area contributed by atoms with Crippen LogP contribution in [0, 0.1) is 61.3 Å². The zero-order valence-electron chi connectivity index (χ0n) is 7.02. The zero-order chi connectivity index (χ0) is 14.3. The van der Waals surface area contributed by atoms with Gasteiger partial charge >= 0.3 is 16.8 Å². The fraction of sp³-hybridized carbons (Fsp3) is 0. The quantitative estimate of drug-likeness (QED) is 0.386. The van der Waals surface area contributed by atoms with Crippen LogP contribution in [0.3, 0.4) is 0 Å². The fourth-order valence-corrected chi connectivity index (χ4v) is 0. The Morgan fingerprint density at radius 1 is 0.412 bits per heavy atom. The first-order valence-corrected chi connectivity index (χ1v) is 2.19. The summed E-state index contributed by atoms with van der Waals surface area (Å²) in [5.74, 6) is 0. The van der Waals surface area contributed by atoms with Crippen LogP contribution in [0.25, 0.3) is 0 Å². The average molecular weight is 307 g/mol. The molecule has 0 unspecified atom stereocenters. The molecule has 101 valence electrons. The van der Waals surface area contributed by atoms with Gasteiger partial charge in [-0.05, 0) is 0 Å². The number of nitrogens with zero attached hydrogens (tertiary/aromatic N) is 4. The van der Waals surface area contributed by atoms with Crippen molar-refractivity contribution in [2.75, 3.05) is 0 Å². The van der Waals surface area contributed by atoms with Gasteiger partial charge < -0.3 is 61.3 Å². The van der Waals surface area contributed by atoms with Crippen molar-refractivity contribution in [3.8, 4) is 0 Å². The van der Waals surface area contributed by atoms with E-state index in [1.54, 1.807) is 0 Å². The Morgan fingerprint density at radius 2 is 0.412 bits per heavy atom. The molecule has 0 aliphatic rings. The van der Waals surface area contributed by atoms with Gasteiger partial charge in [-0.25, -0.2) is 0 Å². The van der Waals surface area contributed by atoms with E-state index in [-0.39, 0.29) is 16.8 Å². The van der Waals surface area contributed by atoms with E-state index in [9.17, 15) is 0 Å². The third-order valence-corrected chi connectivity index (χ3v) is 0. The molecule has 0 spiro atoms. The van der Waals surface area contributed by atoms with Crippen molar-refractivity contribution in [1.82, 2.24) is 0 Å². The Labute approximate surface area is 99.3 Å². The molecule has 0 aliphatic heterocycles. The van der Waals surface area contributed by atoms with E-state index in [2.05, 4.69) is 0 Å². The zero-order valence-corrected chi connectivity index (χ0v) is 8.06. The smallest absolute Gasteiger partial charge is 0.356 e. The molecule has 0 rings (SSSR count). The predicted octanol–water partition coefficient (Wildman–Crippen LogP) is -0.959. The van der Waals surface area contributed by atoms with Crippen molar-refractivity contribution >= 4 is 0 Å². The van der Waals surface area contributed by atoms with Gasteiger partial charge in [0, 0.05) is 0 Å². The van der Waals surface area contributed by atoms with Gasteiger partial charge in [0.25, 0.3) is 0 Å². The summed E-state index contributed by atoms with van der Waals surface area (Å²) in [5.41, 5.74) is 0. The van der Waals surface area contributed by atoms with E-state index in [0.717, 1.165) is 0 Å². The molecule has 1 radical (unpaired) electrons. The van der Waals surface area contributed by atoms with Gasteiger partial charge in [0.1, 0.15) is 0 Å². The Kier molecular flexibility index (Phi) is 40.0. The van der Waals surface area contributed by atoms with Gasteiger partial charge in [0.05, 0.1) is 20.3 Å². The minimum absolute atomic E-state index is 0. The van der Waals surface area contributed by atoms with E-state index in [1.165, 1.54) is 0 Å². The van der Waals surface area contributed by atoms with Gasteiger partial charge in [-0.15, -0.1) is 0 Å². The van der Waals surface area contributed by atoms with E-state index < -0.39 is 20.3 Å². The van der Waals surface area contributed by atoms with Crippen molar-refractivity contribution in [3.05, 3.63) is 61.3 Å². The molecule has 0 aromatic heterocycles. The Hall–Kier alpha value is -2.69. The Balaban J connectivity index is -0.0000000369. The molecule has 0 heterocycles. The van der Waals surface area contributed by atoms with Crippen LogP contribution in [0.15, 0.2) is 0 Å². The molecule has 0 aliphatic carbocycles. The van der Waals surface area contributed by atoms with Crippen LogP contribution in [0.1, 0.15) is 0 Å². The van der Waals surface area contributed by atoms with Crippen LogP contribution >= 0.6 is 0 Å². The number of hydrogen-bond acceptors (Lipinski definition) is 12. The van der Waals surface area contributed by atoms with Gasteiger partial charge in [0.2, 0.25) is 0 Å². The van der Waals surface area contributed by atoms with Crippen LogP contribution in [0.4, 0.5) is 0 Å². The molecule has 0 aromatic carbocycles. The topological polar surface area (TPSA) is 265 Å². The summed E-state index contributed by atoms with van der Waals surface area (Å²) < 4.78 is 0. The maximum atomic E-state index is 8.25. The third-order valence-electron chi connectivity index (χ3n) is 0. The van der Waals surface area contributed by atoms with Crippen LogP contribution in [0.5, 0.6) is 0 Å². The van der Waals surface area contributed by atoms with Crippen molar-refractivity contribution < 1.29 is 37.1 Å².